The zero-order valence-corrected chi connectivity index (χ0v) is 8.94. The molecule has 82 valence electrons. The van der Waals surface area contributed by atoms with Crippen LogP contribution in [0.5, 0.6) is 5.95 Å². The molecule has 2 rings (SSSR count). The van der Waals surface area contributed by atoms with Gasteiger partial charge in [-0.2, -0.15) is 0 Å². The standard InChI is InChI=1S/C12H16O3/c1-9-3-2-4-10(7-9)14-12-6-5-11(8-13)15-12/h5-6,8-10H,2-4,7H2,1H3. The summed E-state index contributed by atoms with van der Waals surface area (Å²) in [7, 11) is 0. The Bertz CT molecular complexity index is 329. The molecule has 2 atom stereocenters. The molecular weight excluding hydrogens is 192 g/mol. The molecule has 0 aromatic carbocycles. The first-order valence-corrected chi connectivity index (χ1v) is 5.49. The minimum atomic E-state index is 0.249. The molecule has 1 aliphatic rings. The van der Waals surface area contributed by atoms with E-state index < -0.39 is 0 Å². The van der Waals surface area contributed by atoms with Crippen LogP contribution in [0.4, 0.5) is 0 Å². The van der Waals surface area contributed by atoms with E-state index in [1.165, 1.54) is 12.8 Å². The van der Waals surface area contributed by atoms with Crippen LogP contribution in [0.1, 0.15) is 43.2 Å². The fourth-order valence-corrected chi connectivity index (χ4v) is 2.11. The lowest BCUT2D eigenvalue weighted by molar-refractivity contribution is 0.0945. The van der Waals surface area contributed by atoms with Gasteiger partial charge in [0, 0.05) is 6.07 Å². The van der Waals surface area contributed by atoms with Crippen LogP contribution < -0.4 is 4.74 Å². The molecule has 0 N–H and O–H groups in total. The van der Waals surface area contributed by atoms with Crippen molar-refractivity contribution in [2.24, 2.45) is 5.92 Å². The summed E-state index contributed by atoms with van der Waals surface area (Å²) in [6.07, 6.45) is 5.61. The van der Waals surface area contributed by atoms with Crippen LogP contribution in [0.2, 0.25) is 0 Å². The molecule has 0 aliphatic heterocycles. The number of furan rings is 1. The normalized spacial score (nSPS) is 26.2. The molecule has 0 amide bonds. The predicted octanol–water partition coefficient (Wildman–Crippen LogP) is 3.05. The smallest absolute Gasteiger partial charge is 0.285 e. The van der Waals surface area contributed by atoms with Crippen LogP contribution in [0, 0.1) is 5.92 Å². The molecule has 3 nitrogen and oxygen atoms in total. The van der Waals surface area contributed by atoms with Crippen LogP contribution in [-0.2, 0) is 0 Å². The summed E-state index contributed by atoms with van der Waals surface area (Å²) in [6.45, 7) is 2.24. The molecule has 1 aliphatic carbocycles. The Morgan fingerprint density at radius 1 is 1.47 bits per heavy atom. The number of ether oxygens (including phenoxy) is 1. The second kappa shape index (κ2) is 4.51. The lowest BCUT2D eigenvalue weighted by Gasteiger charge is -2.26. The molecule has 2 unspecified atom stereocenters. The fraction of sp³-hybridized carbons (Fsp3) is 0.583. The van der Waals surface area contributed by atoms with Gasteiger partial charge in [0.1, 0.15) is 6.10 Å². The number of hydrogen-bond donors (Lipinski definition) is 0. The summed E-state index contributed by atoms with van der Waals surface area (Å²) >= 11 is 0. The van der Waals surface area contributed by atoms with Crippen molar-refractivity contribution in [2.45, 2.75) is 38.7 Å². The van der Waals surface area contributed by atoms with Gasteiger partial charge in [0.05, 0.1) is 0 Å². The first kappa shape index (κ1) is 10.3. The van der Waals surface area contributed by atoms with E-state index in [1.807, 2.05) is 0 Å². The van der Waals surface area contributed by atoms with Crippen molar-refractivity contribution in [2.75, 3.05) is 0 Å². The molecule has 0 spiro atoms. The zero-order valence-electron chi connectivity index (χ0n) is 8.94. The predicted molar refractivity (Wildman–Crippen MR) is 56.1 cm³/mol. The molecule has 3 heteroatoms. The van der Waals surface area contributed by atoms with Gasteiger partial charge in [-0.15, -0.1) is 0 Å². The lowest BCUT2D eigenvalue weighted by atomic mass is 9.89. The first-order chi connectivity index (χ1) is 7.28. The molecule has 15 heavy (non-hydrogen) atoms. The second-order valence-electron chi connectivity index (χ2n) is 4.29. The van der Waals surface area contributed by atoms with Crippen molar-refractivity contribution < 1.29 is 13.9 Å². The molecule has 1 saturated carbocycles. The Labute approximate surface area is 89.4 Å². The summed E-state index contributed by atoms with van der Waals surface area (Å²) < 4.78 is 10.9. The number of carbonyl (C=O) groups excluding carboxylic acids is 1. The van der Waals surface area contributed by atoms with Crippen LogP contribution in [0.25, 0.3) is 0 Å². The van der Waals surface area contributed by atoms with Crippen LogP contribution in [0.3, 0.4) is 0 Å². The number of hydrogen-bond acceptors (Lipinski definition) is 3. The number of rotatable bonds is 3. The van der Waals surface area contributed by atoms with Crippen molar-refractivity contribution >= 4 is 6.29 Å². The highest BCUT2D eigenvalue weighted by atomic mass is 16.6. The molecule has 1 aromatic heterocycles. The molecule has 0 saturated heterocycles. The Hall–Kier alpha value is -1.25. The van der Waals surface area contributed by atoms with Gasteiger partial charge in [0.25, 0.3) is 5.95 Å². The summed E-state index contributed by atoms with van der Waals surface area (Å²) in [4.78, 5) is 10.4. The monoisotopic (exact) mass is 208 g/mol. The maximum absolute atomic E-state index is 10.4. The van der Waals surface area contributed by atoms with E-state index in [4.69, 9.17) is 9.15 Å². The highest BCUT2D eigenvalue weighted by Crippen LogP contribution is 2.27. The molecule has 1 aromatic rings. The highest BCUT2D eigenvalue weighted by Gasteiger charge is 2.21. The zero-order chi connectivity index (χ0) is 10.7. The van der Waals surface area contributed by atoms with Gasteiger partial charge >= 0.3 is 0 Å². The van der Waals surface area contributed by atoms with E-state index in [2.05, 4.69) is 6.92 Å². The van der Waals surface area contributed by atoms with Gasteiger partial charge in [-0.05, 0) is 31.2 Å². The van der Waals surface area contributed by atoms with E-state index in [-0.39, 0.29) is 6.10 Å². The van der Waals surface area contributed by atoms with E-state index in [0.717, 1.165) is 18.8 Å². The van der Waals surface area contributed by atoms with Crippen molar-refractivity contribution in [1.29, 1.82) is 0 Å². The highest BCUT2D eigenvalue weighted by molar-refractivity contribution is 5.70. The molecule has 1 fully saturated rings. The fourth-order valence-electron chi connectivity index (χ4n) is 2.11. The average Bonchev–Trinajstić information content (AvgIpc) is 2.65. The summed E-state index contributed by atoms with van der Waals surface area (Å²) in [5.74, 6) is 1.52. The molecule has 1 heterocycles. The van der Waals surface area contributed by atoms with Crippen LogP contribution in [0.15, 0.2) is 16.5 Å². The van der Waals surface area contributed by atoms with Gasteiger partial charge in [-0.3, -0.25) is 4.79 Å². The van der Waals surface area contributed by atoms with E-state index in [1.54, 1.807) is 12.1 Å². The summed E-state index contributed by atoms with van der Waals surface area (Å²) in [5, 5.41) is 0. The topological polar surface area (TPSA) is 39.4 Å². The van der Waals surface area contributed by atoms with Crippen LogP contribution >= 0.6 is 0 Å². The largest absolute Gasteiger partial charge is 0.462 e. The average molecular weight is 208 g/mol. The number of aldehydes is 1. The van der Waals surface area contributed by atoms with Crippen molar-refractivity contribution in [1.82, 2.24) is 0 Å². The second-order valence-corrected chi connectivity index (χ2v) is 4.29. The minimum absolute atomic E-state index is 0.249. The quantitative estimate of drug-likeness (QED) is 0.717. The maximum atomic E-state index is 10.4. The summed E-state index contributed by atoms with van der Waals surface area (Å²) in [5.41, 5.74) is 0. The Morgan fingerprint density at radius 3 is 3.00 bits per heavy atom. The van der Waals surface area contributed by atoms with Crippen molar-refractivity contribution in [3.8, 4) is 5.95 Å². The van der Waals surface area contributed by atoms with Gasteiger partial charge in [-0.1, -0.05) is 13.3 Å². The number of carbonyl (C=O) groups is 1. The summed E-state index contributed by atoms with van der Waals surface area (Å²) in [6, 6.07) is 3.34. The third-order valence-corrected chi connectivity index (χ3v) is 2.89. The van der Waals surface area contributed by atoms with Gasteiger partial charge in [0.15, 0.2) is 12.0 Å². The van der Waals surface area contributed by atoms with Crippen molar-refractivity contribution in [3.05, 3.63) is 17.9 Å². The van der Waals surface area contributed by atoms with Gasteiger partial charge in [0.2, 0.25) is 0 Å². The van der Waals surface area contributed by atoms with Gasteiger partial charge < -0.3 is 9.15 Å². The maximum Gasteiger partial charge on any atom is 0.285 e. The Morgan fingerprint density at radius 2 is 2.33 bits per heavy atom. The molecule has 0 radical (unpaired) electrons. The Kier molecular flexibility index (Phi) is 3.09. The first-order valence-electron chi connectivity index (χ1n) is 5.49. The van der Waals surface area contributed by atoms with Crippen molar-refractivity contribution in [3.63, 3.8) is 0 Å². The van der Waals surface area contributed by atoms with E-state index in [0.29, 0.717) is 18.0 Å². The van der Waals surface area contributed by atoms with Gasteiger partial charge in [-0.25, -0.2) is 0 Å². The Balaban J connectivity index is 1.92. The molecular formula is C12H16O3. The van der Waals surface area contributed by atoms with E-state index in [9.17, 15) is 4.79 Å². The van der Waals surface area contributed by atoms with Crippen LogP contribution in [-0.4, -0.2) is 12.4 Å². The third kappa shape index (κ3) is 2.61. The lowest BCUT2D eigenvalue weighted by Crippen LogP contribution is -2.23. The van der Waals surface area contributed by atoms with E-state index >= 15 is 0 Å². The minimum Gasteiger partial charge on any atom is -0.462 e. The SMILES string of the molecule is CC1CCCC(Oc2ccc(C=O)o2)C1. The third-order valence-electron chi connectivity index (χ3n) is 2.89. The molecule has 0 bridgehead atoms.